The Bertz CT molecular complexity index is 5130. The number of pyridine rings is 5. The van der Waals surface area contributed by atoms with Gasteiger partial charge in [0.2, 0.25) is 107 Å². The standard InChI is InChI=1S/2C15H13F4N2O2.C12H4ClF4NO2.C12H4F5NO2.C6H4ClNO2.C6H2F4O.C4H12O3SSi.C2H2.ClH/c2*1-21(2,3)11-5-4-8(7-20-11)15(22)23-14-12(18)9(16)6-10(17)13(14)19;13-8-2-1-5(4-18-8)12(19)20-11-9(16)6(14)3-7(15)10(11)17;13-6-3-7(14)10(17)11(9(6)16)20-12(19)5-1-2-8(15)18-4-5;7-5-2-1-4(3-8-5)6(9)10;7-2-1-3(8)5(10)6(11)4(2)9;1-8(5,6)7-9(2,3)4;1-2;/h2*4-7H,1-3H3;2*1-4H;1-3H,(H,9,10);1,11H;1-4H3;1-2H;1H/q2*+1;;;;;;;/p-1/i;;;15-1;;;;1D;. The van der Waals surface area contributed by atoms with E-state index in [-0.39, 0.29) is 75.7 Å². The number of phenolic OH excluding ortho intramolecular Hbond substituents is 1. The van der Waals surface area contributed by atoms with E-state index in [0.29, 0.717) is 25.8 Å². The number of carboxylic acid groups (broad SMARTS) is 1. The van der Waals surface area contributed by atoms with Gasteiger partial charge in [0.15, 0.2) is 63.9 Å². The van der Waals surface area contributed by atoms with Crippen molar-refractivity contribution < 1.29 is 171 Å². The number of ether oxygens (including phenoxy) is 4. The van der Waals surface area contributed by atoms with Crippen LogP contribution >= 0.6 is 23.2 Å². The molecule has 47 heteroatoms. The van der Waals surface area contributed by atoms with Crippen molar-refractivity contribution in [1.29, 1.82) is 0 Å². The highest BCUT2D eigenvalue weighted by Gasteiger charge is 2.30. The fraction of sp³-hybridized carbons (Fsp3) is 0.139. The van der Waals surface area contributed by atoms with E-state index in [4.69, 9.17) is 38.7 Å². The maximum Gasteiger partial charge on any atom is 0.345 e. The maximum atomic E-state index is 13.5. The first kappa shape index (κ1) is 101. The predicted molar refractivity (Wildman–Crippen MR) is 379 cm³/mol. The largest absolute Gasteiger partial charge is 1.00 e. The Kier molecular flexibility index (Phi) is 37.9. The van der Waals surface area contributed by atoms with Crippen molar-refractivity contribution in [2.24, 2.45) is 0 Å². The summed E-state index contributed by atoms with van der Waals surface area (Å²) in [5.74, 6) is -47.8. The third-order valence-electron chi connectivity index (χ3n) is 12.8. The van der Waals surface area contributed by atoms with Crippen LogP contribution in [0.4, 0.5) is 104 Å². The Morgan fingerprint density at radius 3 is 0.790 bits per heavy atom. The highest BCUT2D eigenvalue weighted by atomic mass is 35.5. The molecule has 10 rings (SSSR count). The molecule has 0 unspecified atom stereocenters. The number of aromatic carboxylic acids is 1. The average Bonchev–Trinajstić information content (AvgIpc) is 0.696. The predicted octanol–water partition coefficient (Wildman–Crippen LogP) is 14.0. The summed E-state index contributed by atoms with van der Waals surface area (Å²) in [4.78, 5) is 75.3. The number of esters is 4. The fourth-order valence-corrected chi connectivity index (χ4v) is 11.3. The normalized spacial score (nSPS) is 10.8. The first-order valence-corrected chi connectivity index (χ1v) is 37.0. The number of hydrogen-bond donors (Lipinski definition) is 2. The number of carbonyl (C=O) groups excluding carboxylic acids is 4. The van der Waals surface area contributed by atoms with E-state index in [0.717, 1.165) is 43.2 Å². The molecule has 0 aliphatic heterocycles. The van der Waals surface area contributed by atoms with Gasteiger partial charge in [0.05, 0.1) is 76.4 Å². The van der Waals surface area contributed by atoms with Crippen LogP contribution in [0.5, 0.6) is 28.7 Å². The van der Waals surface area contributed by atoms with E-state index in [1.165, 1.54) is 61.1 Å². The second-order valence-electron chi connectivity index (χ2n) is 24.7. The summed E-state index contributed by atoms with van der Waals surface area (Å²) >= 11 is 10.9. The second-order valence-corrected chi connectivity index (χ2v) is 31.8. The molecule has 0 saturated carbocycles. The van der Waals surface area contributed by atoms with Crippen LogP contribution in [0.25, 0.3) is 0 Å². The third-order valence-corrected chi connectivity index (χ3v) is 16.5. The van der Waals surface area contributed by atoms with Crippen molar-refractivity contribution >= 4 is 83.1 Å². The molecule has 0 amide bonds. The molecule has 0 aliphatic carbocycles. The molecule has 0 atom stereocenters. The third kappa shape index (κ3) is 31.1. The number of aromatic hydroxyl groups is 1. The number of nitrogens with zero attached hydrogens (tertiary/aromatic N) is 7. The van der Waals surface area contributed by atoms with Gasteiger partial charge in [-0.2, -0.15) is 48.3 Å². The minimum Gasteiger partial charge on any atom is -1.00 e. The van der Waals surface area contributed by atoms with Crippen molar-refractivity contribution in [1.82, 2.24) is 33.9 Å². The lowest BCUT2D eigenvalue weighted by Gasteiger charge is -2.21. The lowest BCUT2D eigenvalue weighted by molar-refractivity contribution is -0.0000982. The number of carboxylic acids is 1. The summed E-state index contributed by atoms with van der Waals surface area (Å²) in [5, 5.41) is 17.1. The summed E-state index contributed by atoms with van der Waals surface area (Å²) in [5.41, 5.74) is -0.645. The molecule has 21 nitrogen and oxygen atoms in total. The molecular weight excluding hydrogens is 1750 g/mol. The van der Waals surface area contributed by atoms with Crippen molar-refractivity contribution in [3.05, 3.63) is 282 Å². The molecule has 638 valence electrons. The van der Waals surface area contributed by atoms with E-state index >= 15 is 0 Å². The quantitative estimate of drug-likeness (QED) is 0.0159. The summed E-state index contributed by atoms with van der Waals surface area (Å²) in [6, 6.07) is 12.7. The zero-order valence-electron chi connectivity index (χ0n) is 62.5. The van der Waals surface area contributed by atoms with Gasteiger partial charge in [0.25, 0.3) is 10.1 Å². The van der Waals surface area contributed by atoms with E-state index < -0.39 is 199 Å². The summed E-state index contributed by atoms with van der Waals surface area (Å²) in [7, 11) is 5.99. The minimum absolute atomic E-state index is 0. The molecule has 5 heterocycles. The molecule has 0 aliphatic rings. The van der Waals surface area contributed by atoms with Gasteiger partial charge in [-0.1, -0.05) is 23.2 Å². The van der Waals surface area contributed by atoms with Crippen molar-refractivity contribution in [2.75, 3.05) is 48.5 Å². The Balaban J connectivity index is 0.000000482. The van der Waals surface area contributed by atoms with Gasteiger partial charge in [-0.25, -0.2) is 101 Å². The van der Waals surface area contributed by atoms with Crippen molar-refractivity contribution in [3.8, 4) is 41.6 Å². The molecule has 119 heavy (non-hydrogen) atoms. The number of terminal acetylenes is 1. The molecule has 10 aromatic rings. The monoisotopic (exact) mass is 1800 g/mol. The highest BCUT2D eigenvalue weighted by Crippen LogP contribution is 2.33. The van der Waals surface area contributed by atoms with Gasteiger partial charge in [-0.05, 0) is 68.2 Å². The Morgan fingerprint density at radius 1 is 0.395 bits per heavy atom. The molecule has 0 radical (unpaired) electrons. The number of halogens is 24. The van der Waals surface area contributed by atoms with E-state index in [2.05, 4.69) is 50.3 Å². The number of phenols is 1. The van der Waals surface area contributed by atoms with Crippen molar-refractivity contribution in [2.45, 2.75) is 19.6 Å². The van der Waals surface area contributed by atoms with Crippen LogP contribution in [0.1, 0.15) is 53.2 Å². The molecular formula is C72H54Cl3F21N7O14SSi+. The van der Waals surface area contributed by atoms with Gasteiger partial charge in [-0.3, -0.25) is 8.97 Å². The van der Waals surface area contributed by atoms with Crippen LogP contribution in [0.15, 0.2) is 122 Å². The van der Waals surface area contributed by atoms with E-state index in [1.54, 1.807) is 0 Å². The first-order valence-electron chi connectivity index (χ1n) is 31.5. The Hall–Kier alpha value is -12.0. The van der Waals surface area contributed by atoms with Crippen LogP contribution in [0.2, 0.25) is 29.9 Å². The summed E-state index contributed by atoms with van der Waals surface area (Å²) < 4.78 is 321. The number of rotatable bonds is 13. The Morgan fingerprint density at radius 2 is 0.613 bits per heavy atom. The lowest BCUT2D eigenvalue weighted by atomic mass is 10.2. The number of quaternary nitrogens is 2. The van der Waals surface area contributed by atoms with Crippen LogP contribution in [-0.4, -0.2) is 130 Å². The molecule has 5 aromatic carbocycles. The molecule has 0 bridgehead atoms. The summed E-state index contributed by atoms with van der Waals surface area (Å²) in [6.45, 7) is 5.48. The molecule has 0 saturated heterocycles. The molecule has 2 N–H and O–H groups in total. The van der Waals surface area contributed by atoms with Crippen LogP contribution < -0.4 is 40.3 Å². The van der Waals surface area contributed by atoms with E-state index in [9.17, 15) is 125 Å². The number of hydrogen-bond acceptors (Lipinski definition) is 18. The minimum atomic E-state index is -3.22. The zero-order valence-corrected chi connectivity index (χ0v) is 65.6. The average molecular weight is 1810 g/mol. The topological polar surface area (TPSA) is 271 Å². The van der Waals surface area contributed by atoms with Crippen molar-refractivity contribution in [3.63, 3.8) is 0 Å². The van der Waals surface area contributed by atoms with Crippen LogP contribution in [0, 0.1) is 135 Å². The molecule has 5 aromatic heterocycles. The number of carbonyl (C=O) groups is 5. The van der Waals surface area contributed by atoms with Gasteiger partial charge >= 0.3 is 29.8 Å². The molecule has 0 fully saturated rings. The number of benzene rings is 5. The SMILES string of the molecule is C[N+](C)(C)c1ccc(C(=O)Oc2c(F)c(F)cc(F)c2F)cn1.C[N+](C)(C)c1ccc(C(=O)Oc2c(F)c(F)cc(F)c2F)cn1.C[Si](C)(C)OS(C)(=O)=O.O=C(O)c1ccc(Cl)nc1.O=C(Oc1c(F)c(F)cc(F)c1F)c1ccc(Cl)nc1.O=C(Oc1c(F)c(F)cc(F)c1F)c1ccc([18F])nc1.Oc1c(F)c(F)cc(F)c1F.[2H]C#C.[Cl-]. The lowest BCUT2D eigenvalue weighted by Crippen LogP contribution is -3.00. The van der Waals surface area contributed by atoms with Gasteiger partial charge < -0.3 is 45.4 Å². The first-order chi connectivity index (χ1) is 54.9. The zero-order chi connectivity index (χ0) is 91.0. The number of aromatic nitrogens is 5. The van der Waals surface area contributed by atoms with Gasteiger partial charge in [0.1, 0.15) is 11.7 Å². The summed E-state index contributed by atoms with van der Waals surface area (Å²) in [6.07, 6.45) is 12.1. The molecule has 0 spiro atoms. The van der Waals surface area contributed by atoms with Gasteiger partial charge in [-0.15, -0.1) is 12.8 Å². The smallest absolute Gasteiger partial charge is 0.345 e. The second kappa shape index (κ2) is 44.5. The fourth-order valence-electron chi connectivity index (χ4n) is 7.49. The van der Waals surface area contributed by atoms with Gasteiger partial charge in [0, 0.05) is 73.4 Å². The Labute approximate surface area is 677 Å². The van der Waals surface area contributed by atoms with E-state index in [1.807, 2.05) is 61.9 Å². The highest BCUT2D eigenvalue weighted by molar-refractivity contribution is 7.87. The maximum absolute atomic E-state index is 13.5. The van der Waals surface area contributed by atoms with Crippen LogP contribution in [0.3, 0.4) is 0 Å². The van der Waals surface area contributed by atoms with Crippen LogP contribution in [-0.2, 0) is 14.0 Å².